The van der Waals surface area contributed by atoms with Crippen LogP contribution in [0.25, 0.3) is 11.0 Å². The summed E-state index contributed by atoms with van der Waals surface area (Å²) in [4.78, 5) is 35.5. The fraction of sp³-hybridized carbons (Fsp3) is 0.235. The summed E-state index contributed by atoms with van der Waals surface area (Å²) < 4.78 is 5.32. The van der Waals surface area contributed by atoms with Crippen molar-refractivity contribution in [2.45, 2.75) is 0 Å². The molecule has 1 saturated heterocycles. The fourth-order valence-corrected chi connectivity index (χ4v) is 2.81. The molecule has 0 spiro atoms. The second kappa shape index (κ2) is 6.40. The number of aromatic amines is 2. The molecule has 0 saturated carbocycles. The second-order valence-corrected chi connectivity index (χ2v) is 5.80. The van der Waals surface area contributed by atoms with Gasteiger partial charge in [0, 0.05) is 25.0 Å². The Morgan fingerprint density at radius 3 is 2.68 bits per heavy atom. The Morgan fingerprint density at radius 1 is 1.12 bits per heavy atom. The summed E-state index contributed by atoms with van der Waals surface area (Å²) in [6, 6.07) is 8.78. The molecule has 4 rings (SSSR count). The molecular weight excluding hydrogens is 322 g/mol. The first-order valence-corrected chi connectivity index (χ1v) is 8.01. The monoisotopic (exact) mass is 339 g/mol. The molecule has 0 bridgehead atoms. The van der Waals surface area contributed by atoms with Crippen molar-refractivity contribution >= 4 is 28.4 Å². The van der Waals surface area contributed by atoms with Gasteiger partial charge in [-0.05, 0) is 30.3 Å². The van der Waals surface area contributed by atoms with Crippen molar-refractivity contribution < 1.29 is 9.53 Å². The van der Waals surface area contributed by atoms with E-state index in [9.17, 15) is 9.59 Å². The van der Waals surface area contributed by atoms with Crippen molar-refractivity contribution in [3.8, 4) is 0 Å². The number of nitrogens with one attached hydrogen (secondary N) is 3. The molecule has 8 heteroatoms. The lowest BCUT2D eigenvalue weighted by molar-refractivity contribution is 0.102. The largest absolute Gasteiger partial charge is 0.378 e. The molecule has 1 amide bonds. The number of H-pyrrole nitrogens is 2. The predicted octanol–water partition coefficient (Wildman–Crippen LogP) is 1.34. The first-order chi connectivity index (χ1) is 12.2. The van der Waals surface area contributed by atoms with E-state index >= 15 is 0 Å². The average molecular weight is 339 g/mol. The summed E-state index contributed by atoms with van der Waals surface area (Å²) in [7, 11) is 0. The van der Waals surface area contributed by atoms with Gasteiger partial charge in [0.25, 0.3) is 5.91 Å². The number of nitrogens with zero attached hydrogens (tertiary/aromatic N) is 2. The lowest BCUT2D eigenvalue weighted by atomic mass is 10.2. The Hall–Kier alpha value is -3.13. The third-order valence-electron chi connectivity index (χ3n) is 4.12. The minimum Gasteiger partial charge on any atom is -0.378 e. The number of hydrogen-bond acceptors (Lipinski definition) is 5. The molecule has 0 atom stereocenters. The van der Waals surface area contributed by atoms with Crippen molar-refractivity contribution in [1.82, 2.24) is 15.0 Å². The zero-order valence-corrected chi connectivity index (χ0v) is 13.4. The van der Waals surface area contributed by atoms with E-state index in [0.29, 0.717) is 35.5 Å². The van der Waals surface area contributed by atoms with Crippen LogP contribution in [0.1, 0.15) is 10.4 Å². The maximum atomic E-state index is 12.4. The standard InChI is InChI=1S/C17H17N5O3/c23-16(19-12-2-3-13-14(9-12)21-17(24)20-13)11-1-4-15(18-10-11)22-5-7-25-8-6-22/h1-4,9-10H,5-8H2,(H,19,23)(H2,20,21,24). The van der Waals surface area contributed by atoms with E-state index in [0.717, 1.165) is 18.9 Å². The number of morpholine rings is 1. The normalized spacial score (nSPS) is 14.6. The molecule has 25 heavy (non-hydrogen) atoms. The van der Waals surface area contributed by atoms with Gasteiger partial charge in [-0.1, -0.05) is 0 Å². The molecular formula is C17H17N5O3. The number of amides is 1. The summed E-state index contributed by atoms with van der Waals surface area (Å²) in [6.07, 6.45) is 1.57. The highest BCUT2D eigenvalue weighted by Gasteiger charge is 2.13. The molecule has 0 aliphatic carbocycles. The number of carbonyl (C=O) groups excluding carboxylic acids is 1. The average Bonchev–Trinajstić information content (AvgIpc) is 3.02. The molecule has 1 fully saturated rings. The lowest BCUT2D eigenvalue weighted by Crippen LogP contribution is -2.36. The molecule has 1 aliphatic rings. The van der Waals surface area contributed by atoms with Gasteiger partial charge in [-0.15, -0.1) is 0 Å². The molecule has 8 nitrogen and oxygen atoms in total. The van der Waals surface area contributed by atoms with Crippen LogP contribution in [0.5, 0.6) is 0 Å². The van der Waals surface area contributed by atoms with Crippen molar-refractivity contribution in [3.63, 3.8) is 0 Å². The molecule has 3 heterocycles. The van der Waals surface area contributed by atoms with Crippen molar-refractivity contribution in [2.24, 2.45) is 0 Å². The van der Waals surface area contributed by atoms with Gasteiger partial charge in [0.15, 0.2) is 0 Å². The number of rotatable bonds is 3. The van der Waals surface area contributed by atoms with E-state index in [1.54, 1.807) is 30.5 Å². The van der Waals surface area contributed by atoms with E-state index in [1.165, 1.54) is 0 Å². The molecule has 128 valence electrons. The molecule has 2 aromatic heterocycles. The quantitative estimate of drug-likeness (QED) is 0.668. The first kappa shape index (κ1) is 15.4. The number of fused-ring (bicyclic) bond motifs is 1. The van der Waals surface area contributed by atoms with Gasteiger partial charge in [0.2, 0.25) is 0 Å². The highest BCUT2D eigenvalue weighted by Crippen LogP contribution is 2.17. The number of anilines is 2. The number of hydrogen-bond donors (Lipinski definition) is 3. The van der Waals surface area contributed by atoms with Gasteiger partial charge in [0.05, 0.1) is 29.8 Å². The van der Waals surface area contributed by atoms with Gasteiger partial charge in [-0.3, -0.25) is 4.79 Å². The third-order valence-corrected chi connectivity index (χ3v) is 4.12. The zero-order valence-electron chi connectivity index (χ0n) is 13.4. The van der Waals surface area contributed by atoms with Crippen LogP contribution >= 0.6 is 0 Å². The number of aromatic nitrogens is 3. The van der Waals surface area contributed by atoms with Gasteiger partial charge < -0.3 is 24.9 Å². The maximum Gasteiger partial charge on any atom is 0.323 e. The third kappa shape index (κ3) is 3.24. The summed E-state index contributed by atoms with van der Waals surface area (Å²) in [5, 5.41) is 2.81. The summed E-state index contributed by atoms with van der Waals surface area (Å²) in [5.74, 6) is 0.587. The number of imidazole rings is 1. The van der Waals surface area contributed by atoms with Gasteiger partial charge in [-0.2, -0.15) is 0 Å². The molecule has 1 aromatic carbocycles. The smallest absolute Gasteiger partial charge is 0.323 e. The Morgan fingerprint density at radius 2 is 1.92 bits per heavy atom. The zero-order chi connectivity index (χ0) is 17.2. The number of ether oxygens (including phenoxy) is 1. The number of benzene rings is 1. The van der Waals surface area contributed by atoms with Crippen LogP contribution in [-0.4, -0.2) is 47.2 Å². The van der Waals surface area contributed by atoms with Crippen LogP contribution < -0.4 is 15.9 Å². The minimum atomic E-state index is -0.277. The highest BCUT2D eigenvalue weighted by molar-refractivity contribution is 6.04. The summed E-state index contributed by atoms with van der Waals surface area (Å²) in [6.45, 7) is 2.97. The molecule has 0 radical (unpaired) electrons. The number of pyridine rings is 1. The minimum absolute atomic E-state index is 0.252. The van der Waals surface area contributed by atoms with Crippen molar-refractivity contribution in [2.75, 3.05) is 36.5 Å². The molecule has 3 aromatic rings. The Balaban J connectivity index is 1.48. The highest BCUT2D eigenvalue weighted by atomic mass is 16.5. The summed E-state index contributed by atoms with van der Waals surface area (Å²) >= 11 is 0. The topological polar surface area (TPSA) is 103 Å². The molecule has 3 N–H and O–H groups in total. The second-order valence-electron chi connectivity index (χ2n) is 5.80. The predicted molar refractivity (Wildman–Crippen MR) is 94.1 cm³/mol. The van der Waals surface area contributed by atoms with Crippen molar-refractivity contribution in [3.05, 3.63) is 52.6 Å². The van der Waals surface area contributed by atoms with Gasteiger partial charge >= 0.3 is 5.69 Å². The van der Waals surface area contributed by atoms with Crippen LogP contribution in [0.2, 0.25) is 0 Å². The maximum absolute atomic E-state index is 12.4. The summed E-state index contributed by atoms with van der Waals surface area (Å²) in [5.41, 5.74) is 2.13. The Kier molecular flexibility index (Phi) is 3.95. The van der Waals surface area contributed by atoms with E-state index in [4.69, 9.17) is 4.74 Å². The van der Waals surface area contributed by atoms with Crippen LogP contribution in [0.4, 0.5) is 11.5 Å². The SMILES string of the molecule is O=C(Nc1ccc2[nH]c(=O)[nH]c2c1)c1ccc(N2CCOCC2)nc1. The van der Waals surface area contributed by atoms with Crippen molar-refractivity contribution in [1.29, 1.82) is 0 Å². The van der Waals surface area contributed by atoms with E-state index in [1.807, 2.05) is 6.07 Å². The van der Waals surface area contributed by atoms with E-state index in [2.05, 4.69) is 25.2 Å². The van der Waals surface area contributed by atoms with Crippen LogP contribution in [0, 0.1) is 0 Å². The number of carbonyl (C=O) groups is 1. The van der Waals surface area contributed by atoms with Crippen LogP contribution in [-0.2, 0) is 4.74 Å². The Bertz CT molecular complexity index is 954. The Labute approximate surface area is 142 Å². The van der Waals surface area contributed by atoms with Crippen LogP contribution in [0.3, 0.4) is 0 Å². The van der Waals surface area contributed by atoms with Crippen LogP contribution in [0.15, 0.2) is 41.3 Å². The van der Waals surface area contributed by atoms with Gasteiger partial charge in [0.1, 0.15) is 5.82 Å². The molecule has 1 aliphatic heterocycles. The van der Waals surface area contributed by atoms with E-state index in [-0.39, 0.29) is 11.6 Å². The van der Waals surface area contributed by atoms with Gasteiger partial charge in [-0.25, -0.2) is 9.78 Å². The fourth-order valence-electron chi connectivity index (χ4n) is 2.81. The lowest BCUT2D eigenvalue weighted by Gasteiger charge is -2.27. The first-order valence-electron chi connectivity index (χ1n) is 8.01. The van der Waals surface area contributed by atoms with E-state index < -0.39 is 0 Å². The molecule has 0 unspecified atom stereocenters.